The maximum Gasteiger partial charge on any atom is 0.246 e. The molecule has 1 aliphatic rings. The van der Waals surface area contributed by atoms with E-state index in [1.165, 1.54) is 54.8 Å². The van der Waals surface area contributed by atoms with E-state index in [0.29, 0.717) is 25.7 Å². The molecule has 10 amide bonds. The molecule has 498 valence electrons. The molecule has 1 aliphatic heterocycles. The average Bonchev–Trinajstić information content (AvgIpc) is 1.57. The van der Waals surface area contributed by atoms with Gasteiger partial charge in [-0.25, -0.2) is 0 Å². The van der Waals surface area contributed by atoms with Gasteiger partial charge >= 0.3 is 0 Å². The third-order valence-corrected chi connectivity index (χ3v) is 17.1. The minimum Gasteiger partial charge on any atom is -0.390 e. The third-order valence-electron chi connectivity index (χ3n) is 16.5. The van der Waals surface area contributed by atoms with E-state index >= 15 is 14.4 Å². The maximum atomic E-state index is 15.2. The number of carbonyl (C=O) groups excluding carboxylic acids is 10. The van der Waals surface area contributed by atoms with E-state index in [1.807, 2.05) is 82.2 Å². The van der Waals surface area contributed by atoms with Gasteiger partial charge in [0.2, 0.25) is 59.1 Å². The first-order chi connectivity index (χ1) is 40.4. The van der Waals surface area contributed by atoms with Crippen LogP contribution in [0.2, 0.25) is 0 Å². The highest BCUT2D eigenvalue weighted by Gasteiger charge is 2.45. The summed E-state index contributed by atoms with van der Waals surface area (Å²) in [5, 5.41) is 23.7. The van der Waals surface area contributed by atoms with Crippen LogP contribution in [0.1, 0.15) is 175 Å². The van der Waals surface area contributed by atoms with Crippen molar-refractivity contribution in [2.75, 3.05) is 55.9 Å². The molecule has 1 fully saturated rings. The minimum atomic E-state index is -1.59. The topological polar surface area (TPSA) is 262 Å². The van der Waals surface area contributed by atoms with E-state index < -0.39 is 144 Å². The molecule has 1 saturated heterocycles. The number of hydrogen-bond acceptors (Lipinski definition) is 12. The summed E-state index contributed by atoms with van der Waals surface area (Å²) >= 11 is 6.02. The van der Waals surface area contributed by atoms with Gasteiger partial charge < -0.3 is 60.7 Å². The quantitative estimate of drug-likeness (QED) is 0.0896. The molecule has 5 N–H and O–H groups in total. The molecule has 23 heteroatoms. The second-order valence-corrected chi connectivity index (χ2v) is 26.8. The van der Waals surface area contributed by atoms with Crippen LogP contribution in [-0.4, -0.2) is 226 Å². The van der Waals surface area contributed by atoms with E-state index in [4.69, 9.17) is 12.2 Å². The van der Waals surface area contributed by atoms with Crippen molar-refractivity contribution in [2.24, 2.45) is 35.5 Å². The number of aliphatic hydroxyl groups is 1. The highest BCUT2D eigenvalue weighted by atomic mass is 32.1. The zero-order valence-electron chi connectivity index (χ0n) is 57.3. The summed E-state index contributed by atoms with van der Waals surface area (Å²) in [6.45, 7) is 28.9. The lowest BCUT2D eigenvalue weighted by Gasteiger charge is -2.42. The summed E-state index contributed by atoms with van der Waals surface area (Å²) in [6.07, 6.45) is 4.66. The molecule has 1 heterocycles. The fourth-order valence-electron chi connectivity index (χ4n) is 11.2. The largest absolute Gasteiger partial charge is 0.390 e. The van der Waals surface area contributed by atoms with Crippen molar-refractivity contribution >= 4 is 76.3 Å². The first-order valence-electron chi connectivity index (χ1n) is 31.7. The molecule has 0 spiro atoms. The minimum absolute atomic E-state index is 0.0497. The van der Waals surface area contributed by atoms with Crippen molar-refractivity contribution in [1.82, 2.24) is 55.6 Å². The molecule has 0 bridgehead atoms. The lowest BCUT2D eigenvalue weighted by molar-refractivity contribution is -0.156. The Morgan fingerprint density at radius 2 is 0.897 bits per heavy atom. The molecule has 0 aromatic rings. The molecular weight excluding hydrogens is 1130 g/mol. The Kier molecular flexibility index (Phi) is 34.0. The third kappa shape index (κ3) is 23.0. The van der Waals surface area contributed by atoms with Crippen LogP contribution < -0.4 is 21.3 Å². The number of rotatable bonds is 18. The summed E-state index contributed by atoms with van der Waals surface area (Å²) in [6, 6.07) is -11.3. The number of aliphatic hydroxyl groups excluding tert-OH is 1. The van der Waals surface area contributed by atoms with Crippen LogP contribution in [0.3, 0.4) is 0 Å². The van der Waals surface area contributed by atoms with E-state index in [1.54, 1.807) is 59.7 Å². The molecular formula is C64H115N11O11S. The van der Waals surface area contributed by atoms with Gasteiger partial charge in [0.1, 0.15) is 59.4 Å². The van der Waals surface area contributed by atoms with Gasteiger partial charge in [0, 0.05) is 49.3 Å². The highest BCUT2D eigenvalue weighted by molar-refractivity contribution is 7.80. The zero-order valence-corrected chi connectivity index (χ0v) is 58.1. The van der Waals surface area contributed by atoms with Gasteiger partial charge in [0.15, 0.2) is 0 Å². The van der Waals surface area contributed by atoms with E-state index in [9.17, 15) is 38.7 Å². The van der Waals surface area contributed by atoms with E-state index in [-0.39, 0.29) is 67.2 Å². The Morgan fingerprint density at radius 3 is 1.34 bits per heavy atom. The smallest absolute Gasteiger partial charge is 0.246 e. The molecule has 0 aromatic heterocycles. The van der Waals surface area contributed by atoms with Gasteiger partial charge in [0.25, 0.3) is 0 Å². The summed E-state index contributed by atoms with van der Waals surface area (Å²) in [5.41, 5.74) is 0. The number of nitrogens with zero attached hydrogens (tertiary/aromatic N) is 7. The fraction of sp³-hybridized carbons (Fsp3) is 0.797. The van der Waals surface area contributed by atoms with Crippen molar-refractivity contribution in [3.8, 4) is 0 Å². The molecule has 0 radical (unpaired) electrons. The number of amides is 10. The van der Waals surface area contributed by atoms with Gasteiger partial charge in [-0.1, -0.05) is 134 Å². The van der Waals surface area contributed by atoms with Crippen molar-refractivity contribution < 1.29 is 53.1 Å². The number of nitrogens with one attached hydrogen (secondary N) is 4. The van der Waals surface area contributed by atoms with Gasteiger partial charge in [0.05, 0.1) is 18.7 Å². The summed E-state index contributed by atoms with van der Waals surface area (Å²) in [5.74, 6) is -7.66. The maximum absolute atomic E-state index is 15.2. The number of likely N-dealkylation sites (N-methyl/N-ethyl adjacent to an activating group) is 7. The Balaban J connectivity index is 4.38. The zero-order chi connectivity index (χ0) is 67.2. The molecule has 12 atom stereocenters. The number of allylic oxidation sites excluding steroid dienone is 2. The highest BCUT2D eigenvalue weighted by Crippen LogP contribution is 2.26. The molecule has 2 unspecified atom stereocenters. The molecule has 0 aromatic carbocycles. The van der Waals surface area contributed by atoms with Crippen molar-refractivity contribution in [3.63, 3.8) is 0 Å². The standard InChI is InChI=1S/C64H115N11O11S/c1-24-28-31-42(15)54(77)53-58(81)68-45(29-25-2)59(82)69(17)36-51(76)70(18)47(32-37(5)6)56(79)67-46(30-26-3)60(83)71(19)48(33-38(7)8)57(80)66-44(27-4)55(78)65-43(16)64(87)73(21)50(35-40(11)12)61(84)72(20)49(34-39(9)10)62(85)74(22)52(41(13)14)63(86)75(53)23/h24,28,37-50,52-54,77H,25-27,29-36H2,1-23H3,(H,65,78)(H,66,80)(H,67,79)(H,68,81)/b28-24+/t42?,43-,44-,45-,46-,47-,48-,49-,50-,52-,53+,54?/m0/s1. The Labute approximate surface area is 527 Å². The average molecular weight is 1250 g/mol. The van der Waals surface area contributed by atoms with Crippen LogP contribution >= 0.6 is 12.2 Å². The molecule has 1 rings (SSSR count). The molecule has 22 nitrogen and oxygen atoms in total. The number of thiocarbonyl (C=S) groups is 1. The summed E-state index contributed by atoms with van der Waals surface area (Å²) in [4.78, 5) is 156. The van der Waals surface area contributed by atoms with Crippen LogP contribution in [-0.2, 0) is 47.9 Å². The van der Waals surface area contributed by atoms with Gasteiger partial charge in [-0.05, 0) is 101 Å². The molecule has 0 aliphatic carbocycles. The van der Waals surface area contributed by atoms with Crippen molar-refractivity contribution in [2.45, 2.75) is 242 Å². The first kappa shape index (κ1) is 79.3. The normalized spacial score (nSPS) is 26.5. The van der Waals surface area contributed by atoms with Crippen LogP contribution in [0.15, 0.2) is 12.2 Å². The predicted octanol–water partition coefficient (Wildman–Crippen LogP) is 4.99. The van der Waals surface area contributed by atoms with E-state index in [0.717, 1.165) is 9.80 Å². The van der Waals surface area contributed by atoms with Crippen LogP contribution in [0, 0.1) is 35.5 Å². The van der Waals surface area contributed by atoms with Gasteiger partial charge in [-0.2, -0.15) is 0 Å². The Morgan fingerprint density at radius 1 is 0.494 bits per heavy atom. The van der Waals surface area contributed by atoms with Crippen LogP contribution in [0.5, 0.6) is 0 Å². The van der Waals surface area contributed by atoms with Gasteiger partial charge in [-0.15, -0.1) is 0 Å². The molecule has 0 saturated carbocycles. The Hall–Kier alpha value is -5.71. The van der Waals surface area contributed by atoms with Crippen molar-refractivity contribution in [3.05, 3.63) is 12.2 Å². The number of hydrogen-bond donors (Lipinski definition) is 5. The fourth-order valence-corrected chi connectivity index (χ4v) is 11.4. The monoisotopic (exact) mass is 1250 g/mol. The van der Waals surface area contributed by atoms with Crippen molar-refractivity contribution in [1.29, 1.82) is 0 Å². The summed E-state index contributed by atoms with van der Waals surface area (Å²) < 4.78 is 0. The second-order valence-electron chi connectivity index (χ2n) is 26.3. The first-order valence-corrected chi connectivity index (χ1v) is 32.1. The van der Waals surface area contributed by atoms with Crippen LogP contribution in [0.4, 0.5) is 0 Å². The lowest BCUT2D eigenvalue weighted by Crippen LogP contribution is -2.63. The molecule has 87 heavy (non-hydrogen) atoms. The Bertz CT molecular complexity index is 2350. The summed E-state index contributed by atoms with van der Waals surface area (Å²) in [7, 11) is 10.4. The number of carbonyl (C=O) groups is 10. The lowest BCUT2D eigenvalue weighted by atomic mass is 9.91. The SMILES string of the molecule is C/C=C/CC(C)C(O)[C@@H]1C(=O)N[C@@H](CCC)C(=O)N(C)CC(=O)N(C)[C@@H](CC(C)C)C(=O)N[C@@H](CCC)C(=O)N(C)[C@@H](CC(C)C)C(=O)N[C@@H](CC)C(=O)N[C@@H](C)C(=S)N(C)[C@@H](CC(C)C)C(=O)N(C)[C@@H](CC(C)C)C(=O)N(C)[C@@H](C(C)C)C(=O)N1C. The second kappa shape index (κ2) is 37.3. The van der Waals surface area contributed by atoms with Gasteiger partial charge in [-0.3, -0.25) is 47.9 Å². The van der Waals surface area contributed by atoms with E-state index in [2.05, 4.69) is 21.3 Å². The van der Waals surface area contributed by atoms with Crippen LogP contribution in [0.25, 0.3) is 0 Å². The predicted molar refractivity (Wildman–Crippen MR) is 345 cm³/mol.